The van der Waals surface area contributed by atoms with Gasteiger partial charge in [0.2, 0.25) is 0 Å². The van der Waals surface area contributed by atoms with E-state index in [1.54, 1.807) is 18.5 Å². The quantitative estimate of drug-likeness (QED) is 0.794. The Morgan fingerprint density at radius 3 is 2.50 bits per heavy atom. The Hall–Kier alpha value is -2.67. The van der Waals surface area contributed by atoms with Gasteiger partial charge < -0.3 is 5.11 Å². The van der Waals surface area contributed by atoms with Crippen LogP contribution in [0.15, 0.2) is 61.1 Å². The van der Waals surface area contributed by atoms with Crippen LogP contribution in [-0.2, 0) is 6.54 Å². The van der Waals surface area contributed by atoms with Gasteiger partial charge in [-0.25, -0.2) is 0 Å². The average molecular weight is 333 g/mol. The zero-order chi connectivity index (χ0) is 17.2. The smallest absolute Gasteiger partial charge is 0.382 e. The van der Waals surface area contributed by atoms with Crippen molar-refractivity contribution < 1.29 is 18.3 Å². The minimum Gasteiger partial charge on any atom is -0.382 e. The number of aliphatic hydroxyl groups is 1. The highest BCUT2D eigenvalue weighted by Crippen LogP contribution is 2.25. The first-order valence-electron chi connectivity index (χ1n) is 7.22. The molecule has 0 amide bonds. The number of rotatable bonds is 4. The third-order valence-corrected chi connectivity index (χ3v) is 3.53. The van der Waals surface area contributed by atoms with Crippen molar-refractivity contribution in [3.05, 3.63) is 61.1 Å². The van der Waals surface area contributed by atoms with E-state index in [2.05, 4.69) is 10.1 Å². The molecule has 0 aliphatic carbocycles. The second kappa shape index (κ2) is 6.45. The monoisotopic (exact) mass is 333 g/mol. The van der Waals surface area contributed by atoms with Crippen molar-refractivity contribution in [2.75, 3.05) is 0 Å². The largest absolute Gasteiger partial charge is 0.416 e. The molecule has 1 atom stereocenters. The molecule has 0 fully saturated rings. The van der Waals surface area contributed by atoms with E-state index in [1.165, 1.54) is 6.20 Å². The Morgan fingerprint density at radius 1 is 1.04 bits per heavy atom. The van der Waals surface area contributed by atoms with Crippen molar-refractivity contribution in [3.8, 4) is 22.4 Å². The lowest BCUT2D eigenvalue weighted by Gasteiger charge is -2.14. The maximum Gasteiger partial charge on any atom is 0.416 e. The molecular formula is C17H14F3N3O. The van der Waals surface area contributed by atoms with E-state index in [-0.39, 0.29) is 0 Å². The van der Waals surface area contributed by atoms with E-state index >= 15 is 0 Å². The van der Waals surface area contributed by atoms with Gasteiger partial charge >= 0.3 is 6.18 Å². The van der Waals surface area contributed by atoms with Gasteiger partial charge in [0, 0.05) is 29.7 Å². The lowest BCUT2D eigenvalue weighted by atomic mass is 10.0. The van der Waals surface area contributed by atoms with Crippen molar-refractivity contribution in [2.24, 2.45) is 0 Å². The molecule has 0 bridgehead atoms. The summed E-state index contributed by atoms with van der Waals surface area (Å²) in [5, 5.41) is 13.2. The fourth-order valence-electron chi connectivity index (χ4n) is 2.29. The Bertz CT molecular complexity index is 815. The van der Waals surface area contributed by atoms with Gasteiger partial charge in [0.25, 0.3) is 0 Å². The first kappa shape index (κ1) is 16.2. The lowest BCUT2D eigenvalue weighted by Crippen LogP contribution is -2.32. The topological polar surface area (TPSA) is 50.9 Å². The van der Waals surface area contributed by atoms with Crippen molar-refractivity contribution in [3.63, 3.8) is 0 Å². The van der Waals surface area contributed by atoms with Crippen LogP contribution in [0.3, 0.4) is 0 Å². The number of pyridine rings is 1. The van der Waals surface area contributed by atoms with Crippen LogP contribution >= 0.6 is 0 Å². The van der Waals surface area contributed by atoms with E-state index < -0.39 is 18.8 Å². The molecule has 3 rings (SSSR count). The average Bonchev–Trinajstić information content (AvgIpc) is 3.03. The summed E-state index contributed by atoms with van der Waals surface area (Å²) >= 11 is 0. The van der Waals surface area contributed by atoms with Gasteiger partial charge in [0.15, 0.2) is 6.10 Å². The molecular weight excluding hydrogens is 319 g/mol. The van der Waals surface area contributed by atoms with E-state index in [4.69, 9.17) is 5.11 Å². The van der Waals surface area contributed by atoms with E-state index in [0.29, 0.717) is 5.69 Å². The second-order valence-electron chi connectivity index (χ2n) is 5.30. The van der Waals surface area contributed by atoms with Crippen molar-refractivity contribution in [2.45, 2.75) is 18.8 Å². The lowest BCUT2D eigenvalue weighted by molar-refractivity contribution is -0.208. The van der Waals surface area contributed by atoms with Gasteiger partial charge in [-0.05, 0) is 23.8 Å². The molecule has 1 aromatic carbocycles. The molecule has 124 valence electrons. The Balaban J connectivity index is 1.83. The first-order chi connectivity index (χ1) is 11.4. The summed E-state index contributed by atoms with van der Waals surface area (Å²) in [4.78, 5) is 4.07. The molecule has 2 aromatic heterocycles. The van der Waals surface area contributed by atoms with Crippen LogP contribution in [0.1, 0.15) is 0 Å². The third-order valence-electron chi connectivity index (χ3n) is 3.53. The van der Waals surface area contributed by atoms with Crippen LogP contribution in [0.25, 0.3) is 22.4 Å². The molecule has 7 heteroatoms. The summed E-state index contributed by atoms with van der Waals surface area (Å²) in [7, 11) is 0. The molecule has 24 heavy (non-hydrogen) atoms. The Morgan fingerprint density at radius 2 is 1.79 bits per heavy atom. The maximum atomic E-state index is 12.4. The van der Waals surface area contributed by atoms with Crippen LogP contribution in [0, 0.1) is 0 Å². The highest BCUT2D eigenvalue weighted by atomic mass is 19.4. The molecule has 0 spiro atoms. The molecule has 0 unspecified atom stereocenters. The minimum atomic E-state index is -4.66. The van der Waals surface area contributed by atoms with Crippen LogP contribution in [-0.4, -0.2) is 32.2 Å². The van der Waals surface area contributed by atoms with E-state index in [0.717, 1.165) is 21.4 Å². The van der Waals surface area contributed by atoms with Crippen LogP contribution in [0.2, 0.25) is 0 Å². The highest BCUT2D eigenvalue weighted by Gasteiger charge is 2.38. The summed E-state index contributed by atoms with van der Waals surface area (Å²) in [5.74, 6) is 0. The molecule has 3 aromatic rings. The summed E-state index contributed by atoms with van der Waals surface area (Å²) in [6.07, 6.45) is -2.27. The van der Waals surface area contributed by atoms with Gasteiger partial charge in [-0.1, -0.05) is 24.3 Å². The van der Waals surface area contributed by atoms with Crippen molar-refractivity contribution >= 4 is 0 Å². The van der Waals surface area contributed by atoms with Crippen molar-refractivity contribution in [1.29, 1.82) is 0 Å². The standard InChI is InChI=1S/C17H14F3N3O/c18-17(19,20)16(24)11-23-8-6-15(22-23)13-4-1-3-12(9-13)14-5-2-7-21-10-14/h1-10,16,24H,11H2/t16-/m1/s1. The highest BCUT2D eigenvalue weighted by molar-refractivity contribution is 5.70. The second-order valence-corrected chi connectivity index (χ2v) is 5.30. The number of nitrogens with zero attached hydrogens (tertiary/aromatic N) is 3. The minimum absolute atomic E-state index is 0.537. The van der Waals surface area contributed by atoms with Gasteiger partial charge in [-0.3, -0.25) is 9.67 Å². The number of halogens is 3. The predicted molar refractivity (Wildman–Crippen MR) is 83.0 cm³/mol. The third kappa shape index (κ3) is 3.62. The summed E-state index contributed by atoms with van der Waals surface area (Å²) in [6, 6.07) is 12.9. The van der Waals surface area contributed by atoms with Gasteiger partial charge in [0.05, 0.1) is 12.2 Å². The molecule has 4 nitrogen and oxygen atoms in total. The number of aliphatic hydroxyl groups excluding tert-OH is 1. The number of alkyl halides is 3. The van der Waals surface area contributed by atoms with Gasteiger partial charge in [0.1, 0.15) is 0 Å². The van der Waals surface area contributed by atoms with Gasteiger partial charge in [-0.15, -0.1) is 0 Å². The van der Waals surface area contributed by atoms with E-state index in [1.807, 2.05) is 36.4 Å². The number of hydrogen-bond acceptors (Lipinski definition) is 3. The summed E-state index contributed by atoms with van der Waals surface area (Å²) in [6.45, 7) is -0.633. The van der Waals surface area contributed by atoms with Crippen LogP contribution < -0.4 is 0 Å². The van der Waals surface area contributed by atoms with Gasteiger partial charge in [-0.2, -0.15) is 18.3 Å². The normalized spacial score (nSPS) is 13.0. The molecule has 1 N–H and O–H groups in total. The molecule has 0 saturated heterocycles. The molecule has 0 saturated carbocycles. The summed E-state index contributed by atoms with van der Waals surface area (Å²) in [5.41, 5.74) is 3.18. The molecule has 2 heterocycles. The zero-order valence-corrected chi connectivity index (χ0v) is 12.5. The Kier molecular flexibility index (Phi) is 4.35. The number of hydrogen-bond donors (Lipinski definition) is 1. The molecule has 0 radical (unpaired) electrons. The number of aromatic nitrogens is 3. The summed E-state index contributed by atoms with van der Waals surface area (Å²) < 4.78 is 38.3. The fourth-order valence-corrected chi connectivity index (χ4v) is 2.29. The fraction of sp³-hybridized carbons (Fsp3) is 0.176. The van der Waals surface area contributed by atoms with Crippen molar-refractivity contribution in [1.82, 2.24) is 14.8 Å². The molecule has 0 aliphatic heterocycles. The Labute approximate surface area is 136 Å². The van der Waals surface area contributed by atoms with E-state index in [9.17, 15) is 13.2 Å². The van der Waals surface area contributed by atoms with Crippen LogP contribution in [0.5, 0.6) is 0 Å². The zero-order valence-electron chi connectivity index (χ0n) is 12.5. The molecule has 0 aliphatic rings. The predicted octanol–water partition coefficient (Wildman–Crippen LogP) is 3.54. The SMILES string of the molecule is O[C@H](Cn1ccc(-c2cccc(-c3cccnc3)c2)n1)C(F)(F)F. The van der Waals surface area contributed by atoms with Crippen LogP contribution in [0.4, 0.5) is 13.2 Å². The number of benzene rings is 1. The maximum absolute atomic E-state index is 12.4. The first-order valence-corrected chi connectivity index (χ1v) is 7.22.